The minimum atomic E-state index is 0.521. The SMILES string of the molecule is N#Cc1ccccc1-c1ccc(-c2cc(-c3nc(-c4ccccc4)nc(-c4ccccc4)n3)ccc2-n2c3ccc(-n4c5ccccc5c5ccccc54)cc3c3cc(-n4c5ccccc5c5ccccc54)ccc32)c(-n2c3ccc(-n4c5ccccc5c5ccccc54)cc3c3cc(-n4c5ccccc5c5ccccc54)ccc32)c1. The lowest BCUT2D eigenvalue weighted by Gasteiger charge is -2.21. The Kier molecular flexibility index (Phi) is 14.3. The second-order valence-corrected chi connectivity index (χ2v) is 30.1. The molecule has 0 atom stereocenters. The molecule has 7 heterocycles. The lowest BCUT2D eigenvalue weighted by molar-refractivity contribution is 1.07. The normalized spacial score (nSPS) is 12.0. The number of benzene rings is 17. The van der Waals surface area contributed by atoms with E-state index in [1.54, 1.807) is 0 Å². The average molecular weight is 1480 g/mol. The van der Waals surface area contributed by atoms with E-state index in [2.05, 4.69) is 367 Å². The van der Waals surface area contributed by atoms with Gasteiger partial charge in [-0.1, -0.05) is 237 Å². The van der Waals surface area contributed by atoms with Crippen LogP contribution in [0.25, 0.3) is 221 Å². The molecule has 538 valence electrons. The Balaban J connectivity index is 0.826. The van der Waals surface area contributed by atoms with Crippen molar-refractivity contribution in [1.82, 2.24) is 42.4 Å². The summed E-state index contributed by atoms with van der Waals surface area (Å²) < 4.78 is 14.7. The van der Waals surface area contributed by atoms with E-state index >= 15 is 0 Å². The quantitative estimate of drug-likeness (QED) is 0.129. The zero-order valence-corrected chi connectivity index (χ0v) is 62.4. The zero-order valence-electron chi connectivity index (χ0n) is 62.4. The van der Waals surface area contributed by atoms with Crippen molar-refractivity contribution in [2.24, 2.45) is 0 Å². The van der Waals surface area contributed by atoms with E-state index in [4.69, 9.17) is 15.0 Å². The van der Waals surface area contributed by atoms with Crippen LogP contribution < -0.4 is 0 Å². The number of hydrogen-bond acceptors (Lipinski definition) is 4. The van der Waals surface area contributed by atoms with Gasteiger partial charge in [-0.15, -0.1) is 0 Å². The van der Waals surface area contributed by atoms with Gasteiger partial charge in [0, 0.05) is 115 Å². The highest BCUT2D eigenvalue weighted by atomic mass is 15.1. The molecule has 7 aromatic heterocycles. The Morgan fingerprint density at radius 1 is 0.181 bits per heavy atom. The average Bonchev–Trinajstić information content (AvgIpc) is 1.55. The summed E-state index contributed by atoms with van der Waals surface area (Å²) in [6, 6.07) is 143. The number of aromatic nitrogens is 9. The molecule has 10 heteroatoms. The Morgan fingerprint density at radius 2 is 0.466 bits per heavy atom. The van der Waals surface area contributed by atoms with E-state index < -0.39 is 0 Å². The molecule has 0 aliphatic rings. The van der Waals surface area contributed by atoms with Crippen LogP contribution in [0.1, 0.15) is 5.56 Å². The van der Waals surface area contributed by atoms with E-state index in [-0.39, 0.29) is 0 Å². The Hall–Kier alpha value is -16.0. The molecule has 10 nitrogen and oxygen atoms in total. The van der Waals surface area contributed by atoms with Crippen LogP contribution in [0.4, 0.5) is 0 Å². The molecule has 0 radical (unpaired) electrons. The van der Waals surface area contributed by atoms with Crippen molar-refractivity contribution in [3.63, 3.8) is 0 Å². The third kappa shape index (κ3) is 9.79. The molecule has 0 spiro atoms. The number of hydrogen-bond donors (Lipinski definition) is 0. The van der Waals surface area contributed by atoms with Crippen LogP contribution >= 0.6 is 0 Å². The molecule has 0 N–H and O–H groups in total. The van der Waals surface area contributed by atoms with Gasteiger partial charge in [-0.25, -0.2) is 15.0 Å². The van der Waals surface area contributed by atoms with Crippen LogP contribution in [-0.4, -0.2) is 42.4 Å². The molecule has 0 amide bonds. The standard InChI is InChI=1S/C106H64N10/c107-65-70-29-7-8-30-75(70)68-47-53-84(103(60-68)116-101-57-51-73(113-94-43-21-13-35-80(94)81-36-14-22-44-95(81)113)63-88(101)89-64-74(52-58-102(89)116)114-96-45-23-15-37-82(96)83-38-16-24-46-97(83)114)85-59-69(106-109-104(66-25-3-1-4-26-66)108-105(110-106)67-27-5-2-6-28-67)48-54-98(85)115-99-55-49-71(111-90-39-17-9-31-76(90)77-32-10-18-40-91(77)111)61-86(99)87-62-72(50-56-100(87)115)112-92-41-19-11-33-78(92)79-34-12-20-42-93(79)112/h1-64H. The highest BCUT2D eigenvalue weighted by Crippen LogP contribution is 2.48. The predicted molar refractivity (Wildman–Crippen MR) is 478 cm³/mol. The molecule has 0 unspecified atom stereocenters. The lowest BCUT2D eigenvalue weighted by atomic mass is 9.93. The molecule has 0 bridgehead atoms. The summed E-state index contributed by atoms with van der Waals surface area (Å²) in [5, 5.41) is 25.0. The summed E-state index contributed by atoms with van der Waals surface area (Å²) in [6.07, 6.45) is 0. The number of rotatable bonds is 11. The largest absolute Gasteiger partial charge is 0.309 e. The third-order valence-electron chi connectivity index (χ3n) is 23.9. The van der Waals surface area contributed by atoms with Crippen molar-refractivity contribution in [2.75, 3.05) is 0 Å². The summed E-state index contributed by atoms with van der Waals surface area (Å²) in [5.74, 6) is 1.65. The van der Waals surface area contributed by atoms with Gasteiger partial charge < -0.3 is 27.4 Å². The van der Waals surface area contributed by atoms with E-state index in [1.807, 2.05) is 54.6 Å². The number of fused-ring (bicyclic) bond motifs is 18. The van der Waals surface area contributed by atoms with Gasteiger partial charge in [-0.05, 0) is 163 Å². The first kappa shape index (κ1) is 64.8. The lowest BCUT2D eigenvalue weighted by Crippen LogP contribution is -2.04. The first-order valence-electron chi connectivity index (χ1n) is 39.3. The van der Waals surface area contributed by atoms with Crippen molar-refractivity contribution in [3.05, 3.63) is 394 Å². The minimum Gasteiger partial charge on any atom is -0.309 e. The van der Waals surface area contributed by atoms with E-state index in [0.29, 0.717) is 23.0 Å². The smallest absolute Gasteiger partial charge is 0.164 e. The van der Waals surface area contributed by atoms with Gasteiger partial charge >= 0.3 is 0 Å². The van der Waals surface area contributed by atoms with Crippen LogP contribution in [0, 0.1) is 11.3 Å². The maximum atomic E-state index is 11.1. The van der Waals surface area contributed by atoms with Gasteiger partial charge in [0.1, 0.15) is 0 Å². The second kappa shape index (κ2) is 25.5. The fraction of sp³-hybridized carbons (Fsp3) is 0. The summed E-state index contributed by atoms with van der Waals surface area (Å²) >= 11 is 0. The van der Waals surface area contributed by atoms with Gasteiger partial charge in [0.2, 0.25) is 0 Å². The summed E-state index contributed by atoms with van der Waals surface area (Å²) in [5.41, 5.74) is 25.8. The molecule has 24 rings (SSSR count). The van der Waals surface area contributed by atoms with Crippen molar-refractivity contribution < 1.29 is 0 Å². The monoisotopic (exact) mass is 1480 g/mol. The summed E-state index contributed by atoms with van der Waals surface area (Å²) in [4.78, 5) is 16.2. The number of para-hydroxylation sites is 8. The Morgan fingerprint density at radius 3 is 0.810 bits per heavy atom. The van der Waals surface area contributed by atoms with Crippen LogP contribution in [-0.2, 0) is 0 Å². The minimum absolute atomic E-state index is 0.521. The maximum Gasteiger partial charge on any atom is 0.164 e. The molecule has 116 heavy (non-hydrogen) atoms. The molecule has 0 saturated heterocycles. The molecule has 24 aromatic rings. The fourth-order valence-electron chi connectivity index (χ4n) is 18.8. The first-order valence-corrected chi connectivity index (χ1v) is 39.3. The van der Waals surface area contributed by atoms with Crippen LogP contribution in [0.15, 0.2) is 388 Å². The highest BCUT2D eigenvalue weighted by Gasteiger charge is 2.28. The van der Waals surface area contributed by atoms with Gasteiger partial charge in [-0.2, -0.15) is 5.26 Å². The van der Waals surface area contributed by atoms with Crippen LogP contribution in [0.2, 0.25) is 0 Å². The van der Waals surface area contributed by atoms with Crippen molar-refractivity contribution in [3.8, 4) is 96.6 Å². The van der Waals surface area contributed by atoms with Gasteiger partial charge in [0.05, 0.1) is 89.2 Å². The first-order chi connectivity index (χ1) is 57.5. The van der Waals surface area contributed by atoms with Gasteiger partial charge in [0.25, 0.3) is 0 Å². The third-order valence-corrected chi connectivity index (χ3v) is 23.9. The molecular formula is C106H64N10. The molecule has 0 saturated carbocycles. The van der Waals surface area contributed by atoms with Gasteiger partial charge in [-0.3, -0.25) is 0 Å². The number of nitrogens with zero attached hydrogens (tertiary/aromatic N) is 10. The second-order valence-electron chi connectivity index (χ2n) is 30.1. The maximum absolute atomic E-state index is 11.1. The highest BCUT2D eigenvalue weighted by molar-refractivity contribution is 6.18. The molecular weight excluding hydrogens is 1410 g/mol. The van der Waals surface area contributed by atoms with E-state index in [0.717, 1.165) is 161 Å². The molecule has 0 aliphatic heterocycles. The summed E-state index contributed by atoms with van der Waals surface area (Å²) in [6.45, 7) is 0. The number of nitriles is 1. The van der Waals surface area contributed by atoms with E-state index in [9.17, 15) is 5.26 Å². The molecule has 0 aliphatic carbocycles. The summed E-state index contributed by atoms with van der Waals surface area (Å²) in [7, 11) is 0. The zero-order chi connectivity index (χ0) is 76.2. The fourth-order valence-corrected chi connectivity index (χ4v) is 18.8. The molecule has 0 fully saturated rings. The van der Waals surface area contributed by atoms with Crippen molar-refractivity contribution >= 4 is 131 Å². The predicted octanol–water partition coefficient (Wildman–Crippen LogP) is 26.7. The van der Waals surface area contributed by atoms with E-state index in [1.165, 1.54) is 43.1 Å². The Labute approximate surface area is 664 Å². The van der Waals surface area contributed by atoms with Gasteiger partial charge in [0.15, 0.2) is 17.5 Å². The molecule has 17 aromatic carbocycles. The van der Waals surface area contributed by atoms with Crippen LogP contribution in [0.5, 0.6) is 0 Å². The van der Waals surface area contributed by atoms with Crippen LogP contribution in [0.3, 0.4) is 0 Å². The van der Waals surface area contributed by atoms with Crippen molar-refractivity contribution in [2.45, 2.75) is 0 Å². The topological polar surface area (TPSA) is 92.0 Å². The Bertz CT molecular complexity index is 7690. The van der Waals surface area contributed by atoms with Crippen molar-refractivity contribution in [1.29, 1.82) is 5.26 Å².